The van der Waals surface area contributed by atoms with Crippen molar-refractivity contribution in [1.29, 1.82) is 0 Å². The number of benzene rings is 2. The number of sulfonamides is 1. The first-order valence-electron chi connectivity index (χ1n) is 11.6. The van der Waals surface area contributed by atoms with Crippen molar-refractivity contribution in [3.63, 3.8) is 0 Å². The van der Waals surface area contributed by atoms with Crippen molar-refractivity contribution in [3.8, 4) is 11.4 Å². The van der Waals surface area contributed by atoms with Crippen LogP contribution in [0.4, 0.5) is 10.1 Å². The highest BCUT2D eigenvalue weighted by Crippen LogP contribution is 2.38. The van der Waals surface area contributed by atoms with E-state index in [4.69, 9.17) is 0 Å². The van der Waals surface area contributed by atoms with Crippen molar-refractivity contribution in [3.05, 3.63) is 82.7 Å². The van der Waals surface area contributed by atoms with Crippen LogP contribution in [0, 0.1) is 12.7 Å². The third-order valence-corrected chi connectivity index (χ3v) is 7.29. The number of tetrazole rings is 1. The second-order valence-corrected chi connectivity index (χ2v) is 10.8. The number of rotatable bonds is 7. The SMILES string of the molecule is Cc1cc(CNC(=O)c2cc(C(=O)NC3CN(S(C)(=O)=O)c4cc(-c5nn[nH]n5)ccc43)ncn2)ccc1F. The molecule has 0 aliphatic carbocycles. The number of nitrogens with zero attached hydrogens (tertiary/aromatic N) is 6. The highest BCUT2D eigenvalue weighted by molar-refractivity contribution is 7.92. The molecule has 3 N–H and O–H groups in total. The maximum absolute atomic E-state index is 13.5. The fourth-order valence-corrected chi connectivity index (χ4v) is 5.14. The Hall–Kier alpha value is -4.79. The number of anilines is 1. The standard InChI is InChI=1S/C24H22FN9O4S/c1-13-7-14(3-6-17(13)25)10-26-23(35)18-9-19(28-12-27-18)24(36)29-20-11-34(39(2,37)38)21-8-15(4-5-16(20)21)22-30-32-33-31-22/h3-9,12,20H,10-11H2,1-2H3,(H,26,35)(H,29,36)(H,30,31,32,33). The molecule has 3 heterocycles. The average Bonchev–Trinajstić information content (AvgIpc) is 3.57. The summed E-state index contributed by atoms with van der Waals surface area (Å²) >= 11 is 0. The Labute approximate surface area is 221 Å². The molecule has 5 rings (SSSR count). The maximum atomic E-state index is 13.5. The van der Waals surface area contributed by atoms with Crippen LogP contribution in [-0.2, 0) is 16.6 Å². The first-order valence-corrected chi connectivity index (χ1v) is 13.5. The molecule has 1 aliphatic heterocycles. The van der Waals surface area contributed by atoms with Crippen molar-refractivity contribution in [2.24, 2.45) is 0 Å². The van der Waals surface area contributed by atoms with E-state index in [0.717, 1.165) is 12.6 Å². The lowest BCUT2D eigenvalue weighted by Gasteiger charge is -2.17. The summed E-state index contributed by atoms with van der Waals surface area (Å²) in [6.07, 6.45) is 2.17. The number of nitrogens with one attached hydrogen (secondary N) is 3. The number of aryl methyl sites for hydroxylation is 1. The number of carbonyl (C=O) groups is 2. The Morgan fingerprint density at radius 1 is 1.10 bits per heavy atom. The summed E-state index contributed by atoms with van der Waals surface area (Å²) in [5.74, 6) is -1.21. The topological polar surface area (TPSA) is 176 Å². The van der Waals surface area contributed by atoms with Gasteiger partial charge in [-0.2, -0.15) is 5.21 Å². The Morgan fingerprint density at radius 3 is 2.56 bits per heavy atom. The third-order valence-electron chi connectivity index (χ3n) is 6.14. The molecule has 4 aromatic rings. The Bertz CT molecular complexity index is 1680. The van der Waals surface area contributed by atoms with Gasteiger partial charge in [0.1, 0.15) is 23.5 Å². The van der Waals surface area contributed by atoms with E-state index < -0.39 is 27.9 Å². The number of aromatic nitrogens is 6. The lowest BCUT2D eigenvalue weighted by Crippen LogP contribution is -2.35. The van der Waals surface area contributed by atoms with Crippen molar-refractivity contribution in [2.75, 3.05) is 17.1 Å². The first kappa shape index (κ1) is 25.8. The average molecular weight is 552 g/mol. The van der Waals surface area contributed by atoms with Crippen LogP contribution < -0.4 is 14.9 Å². The van der Waals surface area contributed by atoms with Crippen LogP contribution in [0.25, 0.3) is 11.4 Å². The summed E-state index contributed by atoms with van der Waals surface area (Å²) in [7, 11) is -3.67. The molecule has 1 unspecified atom stereocenters. The van der Waals surface area contributed by atoms with Gasteiger partial charge in [0.2, 0.25) is 15.8 Å². The van der Waals surface area contributed by atoms with E-state index in [0.29, 0.717) is 33.8 Å². The van der Waals surface area contributed by atoms with Gasteiger partial charge in [0.05, 0.1) is 24.5 Å². The van der Waals surface area contributed by atoms with Crippen LogP contribution in [-0.4, -0.2) is 63.6 Å². The molecule has 0 bridgehead atoms. The molecule has 39 heavy (non-hydrogen) atoms. The third kappa shape index (κ3) is 5.43. The number of hydrogen-bond donors (Lipinski definition) is 3. The maximum Gasteiger partial charge on any atom is 0.270 e. The number of aromatic amines is 1. The first-order chi connectivity index (χ1) is 18.6. The van der Waals surface area contributed by atoms with Gasteiger partial charge < -0.3 is 10.6 Å². The minimum Gasteiger partial charge on any atom is -0.347 e. The van der Waals surface area contributed by atoms with Crippen molar-refractivity contribution < 1.29 is 22.4 Å². The quantitative estimate of drug-likeness (QED) is 0.305. The zero-order valence-corrected chi connectivity index (χ0v) is 21.5. The van der Waals surface area contributed by atoms with Crippen molar-refractivity contribution in [2.45, 2.75) is 19.5 Å². The Balaban J connectivity index is 1.32. The predicted octanol–water partition coefficient (Wildman–Crippen LogP) is 1.28. The zero-order chi connectivity index (χ0) is 27.7. The molecule has 0 saturated heterocycles. The molecule has 1 atom stereocenters. The molecule has 15 heteroatoms. The van der Waals surface area contributed by atoms with Crippen LogP contribution in [0.1, 0.15) is 43.7 Å². The summed E-state index contributed by atoms with van der Waals surface area (Å²) in [4.78, 5) is 33.6. The van der Waals surface area contributed by atoms with Gasteiger partial charge in [-0.15, -0.1) is 10.2 Å². The molecule has 0 fully saturated rings. The number of hydrogen-bond acceptors (Lipinski definition) is 9. The summed E-state index contributed by atoms with van der Waals surface area (Å²) in [5.41, 5.74) is 2.54. The molecule has 0 radical (unpaired) electrons. The van der Waals surface area contributed by atoms with Crippen LogP contribution >= 0.6 is 0 Å². The van der Waals surface area contributed by atoms with E-state index >= 15 is 0 Å². The number of halogens is 1. The van der Waals surface area contributed by atoms with E-state index in [1.807, 2.05) is 0 Å². The lowest BCUT2D eigenvalue weighted by atomic mass is 10.1. The Morgan fingerprint density at radius 2 is 1.87 bits per heavy atom. The van der Waals surface area contributed by atoms with Crippen LogP contribution in [0.2, 0.25) is 0 Å². The molecule has 2 amide bonds. The molecular weight excluding hydrogens is 529 g/mol. The molecule has 200 valence electrons. The molecule has 0 saturated carbocycles. The highest BCUT2D eigenvalue weighted by atomic mass is 32.2. The van der Waals surface area contributed by atoms with Gasteiger partial charge in [0, 0.05) is 23.7 Å². The van der Waals surface area contributed by atoms with E-state index in [9.17, 15) is 22.4 Å². The van der Waals surface area contributed by atoms with Crippen molar-refractivity contribution in [1.82, 2.24) is 41.2 Å². The largest absolute Gasteiger partial charge is 0.347 e. The Kier molecular flexibility index (Phi) is 6.74. The fourth-order valence-electron chi connectivity index (χ4n) is 4.20. The van der Waals surface area contributed by atoms with Gasteiger partial charge in [-0.25, -0.2) is 22.8 Å². The van der Waals surface area contributed by atoms with Gasteiger partial charge in [-0.05, 0) is 35.4 Å². The van der Waals surface area contributed by atoms with E-state index in [-0.39, 0.29) is 30.3 Å². The minimum atomic E-state index is -3.67. The lowest BCUT2D eigenvalue weighted by molar-refractivity contribution is 0.0934. The second-order valence-electron chi connectivity index (χ2n) is 8.88. The molecule has 2 aromatic carbocycles. The summed E-state index contributed by atoms with van der Waals surface area (Å²) in [6, 6.07) is 10.1. The molecular formula is C24H22FN9O4S. The molecule has 0 spiro atoms. The van der Waals surface area contributed by atoms with Gasteiger partial charge in [-0.1, -0.05) is 24.3 Å². The second kappa shape index (κ2) is 10.2. The number of amides is 2. The van der Waals surface area contributed by atoms with Gasteiger partial charge in [-0.3, -0.25) is 13.9 Å². The van der Waals surface area contributed by atoms with E-state index in [1.54, 1.807) is 37.3 Å². The summed E-state index contributed by atoms with van der Waals surface area (Å²) in [5, 5.41) is 19.2. The van der Waals surface area contributed by atoms with Gasteiger partial charge >= 0.3 is 0 Å². The van der Waals surface area contributed by atoms with Gasteiger partial charge in [0.25, 0.3) is 11.8 Å². The van der Waals surface area contributed by atoms with Crippen molar-refractivity contribution >= 4 is 27.5 Å². The molecule has 2 aromatic heterocycles. The van der Waals surface area contributed by atoms with Crippen LogP contribution in [0.3, 0.4) is 0 Å². The van der Waals surface area contributed by atoms with Gasteiger partial charge in [0.15, 0.2) is 0 Å². The molecule has 13 nitrogen and oxygen atoms in total. The van der Waals surface area contributed by atoms with Crippen LogP contribution in [0.5, 0.6) is 0 Å². The summed E-state index contributed by atoms with van der Waals surface area (Å²) < 4.78 is 39.7. The zero-order valence-electron chi connectivity index (χ0n) is 20.7. The number of H-pyrrole nitrogens is 1. The number of carbonyl (C=O) groups excluding carboxylic acids is 2. The van der Waals surface area contributed by atoms with Crippen LogP contribution in [0.15, 0.2) is 48.8 Å². The van der Waals surface area contributed by atoms with E-state index in [1.165, 1.54) is 16.4 Å². The monoisotopic (exact) mass is 551 g/mol. The fraction of sp³-hybridized carbons (Fsp3) is 0.208. The number of fused-ring (bicyclic) bond motifs is 1. The highest BCUT2D eigenvalue weighted by Gasteiger charge is 2.35. The van der Waals surface area contributed by atoms with E-state index in [2.05, 4.69) is 41.2 Å². The molecule has 1 aliphatic rings. The predicted molar refractivity (Wildman–Crippen MR) is 136 cm³/mol. The minimum absolute atomic E-state index is 0.0366. The summed E-state index contributed by atoms with van der Waals surface area (Å²) in [6.45, 7) is 1.73. The normalized spacial score (nSPS) is 14.6. The smallest absolute Gasteiger partial charge is 0.270 e.